The summed E-state index contributed by atoms with van der Waals surface area (Å²) in [4.78, 5) is 4.19. The Bertz CT molecular complexity index is 348. The molecule has 0 aliphatic carbocycles. The van der Waals surface area contributed by atoms with Crippen molar-refractivity contribution in [3.63, 3.8) is 0 Å². The van der Waals surface area contributed by atoms with E-state index < -0.39 is 0 Å². The van der Waals surface area contributed by atoms with Crippen molar-refractivity contribution in [3.05, 3.63) is 34.3 Å². The number of rotatable bonds is 3. The van der Waals surface area contributed by atoms with Gasteiger partial charge in [-0.2, -0.15) is 0 Å². The summed E-state index contributed by atoms with van der Waals surface area (Å²) < 4.78 is 1.07. The molecule has 0 aromatic heterocycles. The lowest BCUT2D eigenvalue weighted by molar-refractivity contribution is 0.689. The van der Waals surface area contributed by atoms with E-state index in [1.807, 2.05) is 19.1 Å². The summed E-state index contributed by atoms with van der Waals surface area (Å²) in [5.41, 5.74) is 3.73. The van der Waals surface area contributed by atoms with Crippen LogP contribution in [0.5, 0.6) is 0 Å². The summed E-state index contributed by atoms with van der Waals surface area (Å²) >= 11 is 3.41. The van der Waals surface area contributed by atoms with Gasteiger partial charge in [-0.05, 0) is 31.5 Å². The predicted octanol–water partition coefficient (Wildman–Crippen LogP) is 1.94. The predicted molar refractivity (Wildman–Crippen MR) is 71.0 cm³/mol. The van der Waals surface area contributed by atoms with E-state index in [1.54, 1.807) is 0 Å². The molecule has 0 spiro atoms. The molecule has 4 N–H and O–H groups in total. The van der Waals surface area contributed by atoms with Crippen LogP contribution in [0, 0.1) is 0 Å². The van der Waals surface area contributed by atoms with Crippen LogP contribution in [0.3, 0.4) is 0 Å². The van der Waals surface area contributed by atoms with Gasteiger partial charge in [-0.3, -0.25) is 10.4 Å². The minimum atomic E-state index is 0.162. The summed E-state index contributed by atoms with van der Waals surface area (Å²) in [5.74, 6) is 5.97. The molecule has 88 valence electrons. The highest BCUT2D eigenvalue weighted by molar-refractivity contribution is 9.10. The van der Waals surface area contributed by atoms with Crippen molar-refractivity contribution in [2.45, 2.75) is 19.9 Å². The Hall–Kier alpha value is -1.07. The summed E-state index contributed by atoms with van der Waals surface area (Å²) in [6, 6.07) is 8.30. The lowest BCUT2D eigenvalue weighted by atomic mass is 10.1. The van der Waals surface area contributed by atoms with E-state index in [0.29, 0.717) is 12.5 Å². The average molecular weight is 285 g/mol. The van der Waals surface area contributed by atoms with Gasteiger partial charge < -0.3 is 5.32 Å². The van der Waals surface area contributed by atoms with Gasteiger partial charge in [0.15, 0.2) is 0 Å². The van der Waals surface area contributed by atoms with Crippen molar-refractivity contribution in [2.24, 2.45) is 10.8 Å². The summed E-state index contributed by atoms with van der Waals surface area (Å²) in [6.07, 6.45) is 0. The van der Waals surface area contributed by atoms with E-state index in [9.17, 15) is 0 Å². The van der Waals surface area contributed by atoms with Gasteiger partial charge >= 0.3 is 0 Å². The molecule has 0 bridgehead atoms. The molecule has 0 aliphatic rings. The monoisotopic (exact) mass is 284 g/mol. The van der Waals surface area contributed by atoms with Crippen LogP contribution in [0.15, 0.2) is 33.7 Å². The number of benzene rings is 1. The van der Waals surface area contributed by atoms with E-state index in [-0.39, 0.29) is 6.04 Å². The SMILES string of the molecule is CCN=C(NN)NC(C)c1ccc(Br)cc1. The minimum absolute atomic E-state index is 0.162. The van der Waals surface area contributed by atoms with Crippen LogP contribution >= 0.6 is 15.9 Å². The quantitative estimate of drug-likeness (QED) is 0.344. The Labute approximate surface area is 104 Å². The van der Waals surface area contributed by atoms with E-state index in [2.05, 4.69) is 50.7 Å². The van der Waals surface area contributed by atoms with Crippen molar-refractivity contribution in [1.29, 1.82) is 0 Å². The molecule has 0 amide bonds. The molecule has 16 heavy (non-hydrogen) atoms. The molecule has 0 heterocycles. The number of nitrogens with zero attached hydrogens (tertiary/aromatic N) is 1. The number of aliphatic imine (C=N–C) groups is 1. The maximum absolute atomic E-state index is 5.36. The Kier molecular flexibility index (Phi) is 5.28. The van der Waals surface area contributed by atoms with Gasteiger partial charge in [0.05, 0.1) is 6.04 Å². The zero-order valence-electron chi connectivity index (χ0n) is 9.50. The van der Waals surface area contributed by atoms with Gasteiger partial charge in [0, 0.05) is 11.0 Å². The zero-order valence-corrected chi connectivity index (χ0v) is 11.1. The Balaban J connectivity index is 2.67. The van der Waals surface area contributed by atoms with Crippen LogP contribution in [0.1, 0.15) is 25.5 Å². The molecular weight excluding hydrogens is 268 g/mol. The maximum Gasteiger partial charge on any atom is 0.206 e. The van der Waals surface area contributed by atoms with Crippen LogP contribution in [0.4, 0.5) is 0 Å². The first kappa shape index (κ1) is 13.0. The standard InChI is InChI=1S/C11H17BrN4/c1-3-14-11(16-13)15-8(2)9-4-6-10(12)7-5-9/h4-8H,3,13H2,1-2H3,(H2,14,15,16). The van der Waals surface area contributed by atoms with Crippen molar-refractivity contribution >= 4 is 21.9 Å². The highest BCUT2D eigenvalue weighted by atomic mass is 79.9. The lowest BCUT2D eigenvalue weighted by Crippen LogP contribution is -2.42. The molecule has 0 saturated heterocycles. The zero-order chi connectivity index (χ0) is 12.0. The number of nitrogens with one attached hydrogen (secondary N) is 2. The van der Waals surface area contributed by atoms with Gasteiger partial charge in [-0.25, -0.2) is 5.84 Å². The maximum atomic E-state index is 5.36. The number of halogens is 1. The summed E-state index contributed by atoms with van der Waals surface area (Å²) in [6.45, 7) is 4.72. The molecule has 0 aliphatic heterocycles. The van der Waals surface area contributed by atoms with Crippen molar-refractivity contribution in [2.75, 3.05) is 6.54 Å². The first-order chi connectivity index (χ1) is 7.67. The first-order valence-corrected chi connectivity index (χ1v) is 5.99. The van der Waals surface area contributed by atoms with E-state index in [1.165, 1.54) is 5.56 Å². The normalized spacial score (nSPS) is 13.4. The Morgan fingerprint density at radius 2 is 2.06 bits per heavy atom. The molecule has 1 unspecified atom stereocenters. The van der Waals surface area contributed by atoms with Crippen LogP contribution in [0.2, 0.25) is 0 Å². The van der Waals surface area contributed by atoms with Crippen molar-refractivity contribution in [3.8, 4) is 0 Å². The van der Waals surface area contributed by atoms with Gasteiger partial charge in [0.1, 0.15) is 0 Å². The second kappa shape index (κ2) is 6.50. The van der Waals surface area contributed by atoms with Crippen LogP contribution in [0.25, 0.3) is 0 Å². The summed E-state index contributed by atoms with van der Waals surface area (Å²) in [5, 5.41) is 3.20. The molecule has 5 heteroatoms. The fourth-order valence-electron chi connectivity index (χ4n) is 1.33. The molecule has 1 aromatic rings. The third-order valence-electron chi connectivity index (χ3n) is 2.18. The second-order valence-corrected chi connectivity index (χ2v) is 4.30. The largest absolute Gasteiger partial charge is 0.349 e. The first-order valence-electron chi connectivity index (χ1n) is 5.20. The van der Waals surface area contributed by atoms with E-state index in [4.69, 9.17) is 5.84 Å². The molecule has 4 nitrogen and oxygen atoms in total. The number of nitrogens with two attached hydrogens (primary N) is 1. The van der Waals surface area contributed by atoms with Crippen LogP contribution in [-0.4, -0.2) is 12.5 Å². The second-order valence-electron chi connectivity index (χ2n) is 3.38. The molecule has 1 atom stereocenters. The fourth-order valence-corrected chi connectivity index (χ4v) is 1.60. The van der Waals surface area contributed by atoms with Gasteiger partial charge in [-0.1, -0.05) is 28.1 Å². The molecule has 0 radical (unpaired) electrons. The number of hydrazine groups is 1. The van der Waals surface area contributed by atoms with E-state index >= 15 is 0 Å². The minimum Gasteiger partial charge on any atom is -0.349 e. The molecule has 1 rings (SSSR count). The van der Waals surface area contributed by atoms with Crippen LogP contribution < -0.4 is 16.6 Å². The lowest BCUT2D eigenvalue weighted by Gasteiger charge is -2.16. The highest BCUT2D eigenvalue weighted by Crippen LogP contribution is 2.16. The fraction of sp³-hybridized carbons (Fsp3) is 0.364. The van der Waals surface area contributed by atoms with Crippen molar-refractivity contribution < 1.29 is 0 Å². The average Bonchev–Trinajstić information content (AvgIpc) is 2.29. The Morgan fingerprint density at radius 1 is 1.44 bits per heavy atom. The Morgan fingerprint density at radius 3 is 2.56 bits per heavy atom. The molecule has 0 saturated carbocycles. The van der Waals surface area contributed by atoms with Crippen LogP contribution in [-0.2, 0) is 0 Å². The molecule has 0 fully saturated rings. The third kappa shape index (κ3) is 3.83. The smallest absolute Gasteiger partial charge is 0.206 e. The highest BCUT2D eigenvalue weighted by Gasteiger charge is 2.06. The van der Waals surface area contributed by atoms with Gasteiger partial charge in [0.2, 0.25) is 5.96 Å². The van der Waals surface area contributed by atoms with Crippen molar-refractivity contribution in [1.82, 2.24) is 10.7 Å². The van der Waals surface area contributed by atoms with Gasteiger partial charge in [0.25, 0.3) is 0 Å². The number of hydrogen-bond donors (Lipinski definition) is 3. The summed E-state index contributed by atoms with van der Waals surface area (Å²) in [7, 11) is 0. The van der Waals surface area contributed by atoms with Gasteiger partial charge in [-0.15, -0.1) is 0 Å². The number of hydrogen-bond acceptors (Lipinski definition) is 2. The molecule has 1 aromatic carbocycles. The van der Waals surface area contributed by atoms with E-state index in [0.717, 1.165) is 4.47 Å². The number of guanidine groups is 1. The topological polar surface area (TPSA) is 62.4 Å². The third-order valence-corrected chi connectivity index (χ3v) is 2.70. The molecular formula is C11H17BrN4.